The van der Waals surface area contributed by atoms with Crippen LogP contribution in [0.1, 0.15) is 26.2 Å². The van der Waals surface area contributed by atoms with Crippen LogP contribution in [0.5, 0.6) is 0 Å². The SMILES string of the molecule is CSCCC(NS(=O)(=O)c1cc(Cl)ccc1Cl)C(=O)NCC(C)N(C)C1CC1. The molecule has 1 aliphatic carbocycles. The molecular formula is C18H27Cl2N3O3S2. The molecule has 6 nitrogen and oxygen atoms in total. The van der Waals surface area contributed by atoms with E-state index in [4.69, 9.17) is 23.2 Å². The van der Waals surface area contributed by atoms with E-state index in [-0.39, 0.29) is 26.9 Å². The van der Waals surface area contributed by atoms with Crippen LogP contribution in [0.4, 0.5) is 0 Å². The second kappa shape index (κ2) is 10.5. The smallest absolute Gasteiger partial charge is 0.242 e. The Morgan fingerprint density at radius 3 is 2.64 bits per heavy atom. The fraction of sp³-hybridized carbons (Fsp3) is 0.611. The normalized spacial score (nSPS) is 16.8. The van der Waals surface area contributed by atoms with Gasteiger partial charge in [0.25, 0.3) is 0 Å². The molecule has 1 aliphatic rings. The summed E-state index contributed by atoms with van der Waals surface area (Å²) in [6.07, 6.45) is 4.65. The molecule has 0 spiro atoms. The first-order chi connectivity index (χ1) is 13.2. The standard InChI is InChI=1S/C18H27Cl2N3O3S2/c1-12(23(2)14-5-6-14)11-21-18(24)16(8-9-27-3)22-28(25,26)17-10-13(19)4-7-15(17)20/h4,7,10,12,14,16,22H,5-6,8-9,11H2,1-3H3,(H,21,24). The zero-order valence-electron chi connectivity index (χ0n) is 16.2. The highest BCUT2D eigenvalue weighted by Gasteiger charge is 2.30. The maximum absolute atomic E-state index is 12.8. The largest absolute Gasteiger partial charge is 0.353 e. The van der Waals surface area contributed by atoms with Gasteiger partial charge < -0.3 is 5.32 Å². The maximum Gasteiger partial charge on any atom is 0.242 e. The average molecular weight is 468 g/mol. The predicted molar refractivity (Wildman–Crippen MR) is 117 cm³/mol. The van der Waals surface area contributed by atoms with Crippen LogP contribution in [-0.4, -0.2) is 63.0 Å². The number of thioether (sulfide) groups is 1. The fourth-order valence-corrected chi connectivity index (χ4v) is 5.23. The van der Waals surface area contributed by atoms with Crippen LogP contribution in [0, 0.1) is 0 Å². The number of carbonyl (C=O) groups excluding carboxylic acids is 1. The molecule has 0 aromatic heterocycles. The Morgan fingerprint density at radius 2 is 2.04 bits per heavy atom. The summed E-state index contributed by atoms with van der Waals surface area (Å²) in [6.45, 7) is 2.51. The number of halogens is 2. The van der Waals surface area contributed by atoms with Gasteiger partial charge in [0.1, 0.15) is 10.9 Å². The number of amides is 1. The van der Waals surface area contributed by atoms with Crippen molar-refractivity contribution in [2.75, 3.05) is 25.6 Å². The third kappa shape index (κ3) is 6.78. The molecule has 0 heterocycles. The van der Waals surface area contributed by atoms with Crippen molar-refractivity contribution in [3.63, 3.8) is 0 Å². The van der Waals surface area contributed by atoms with Crippen LogP contribution in [0.25, 0.3) is 0 Å². The number of hydrogen-bond donors (Lipinski definition) is 2. The van der Waals surface area contributed by atoms with Crippen LogP contribution in [0.15, 0.2) is 23.1 Å². The molecule has 1 fully saturated rings. The Morgan fingerprint density at radius 1 is 1.36 bits per heavy atom. The highest BCUT2D eigenvalue weighted by Crippen LogP contribution is 2.27. The van der Waals surface area contributed by atoms with Gasteiger partial charge in [-0.05, 0) is 63.4 Å². The molecule has 0 radical (unpaired) electrons. The molecule has 1 aromatic carbocycles. The zero-order valence-corrected chi connectivity index (χ0v) is 19.4. The summed E-state index contributed by atoms with van der Waals surface area (Å²) in [7, 11) is -1.95. The van der Waals surface area contributed by atoms with E-state index >= 15 is 0 Å². The van der Waals surface area contributed by atoms with Gasteiger partial charge in [0, 0.05) is 23.7 Å². The molecule has 2 rings (SSSR count). The highest BCUT2D eigenvalue weighted by atomic mass is 35.5. The van der Waals surface area contributed by atoms with E-state index in [1.165, 1.54) is 31.0 Å². The lowest BCUT2D eigenvalue weighted by atomic mass is 10.2. The van der Waals surface area contributed by atoms with E-state index in [0.717, 1.165) is 0 Å². The van der Waals surface area contributed by atoms with Gasteiger partial charge in [0.2, 0.25) is 15.9 Å². The molecule has 0 bridgehead atoms. The number of rotatable bonds is 11. The van der Waals surface area contributed by atoms with Gasteiger partial charge in [-0.25, -0.2) is 8.42 Å². The maximum atomic E-state index is 12.8. The van der Waals surface area contributed by atoms with Gasteiger partial charge in [-0.3, -0.25) is 9.69 Å². The van der Waals surface area contributed by atoms with E-state index < -0.39 is 16.1 Å². The first-order valence-electron chi connectivity index (χ1n) is 9.11. The summed E-state index contributed by atoms with van der Waals surface area (Å²) in [6, 6.07) is 4.09. The summed E-state index contributed by atoms with van der Waals surface area (Å²) in [5, 5.41) is 3.19. The van der Waals surface area contributed by atoms with Crippen LogP contribution < -0.4 is 10.0 Å². The lowest BCUT2D eigenvalue weighted by Crippen LogP contribution is -2.50. The molecule has 28 heavy (non-hydrogen) atoms. The fourth-order valence-electron chi connectivity index (χ4n) is 2.77. The van der Waals surface area contributed by atoms with Crippen LogP contribution in [0.3, 0.4) is 0 Å². The topological polar surface area (TPSA) is 78.5 Å². The quantitative estimate of drug-likeness (QED) is 0.522. The number of likely N-dealkylation sites (N-methyl/N-ethyl adjacent to an activating group) is 1. The van der Waals surface area contributed by atoms with Crippen molar-refractivity contribution in [3.8, 4) is 0 Å². The number of nitrogens with zero attached hydrogens (tertiary/aromatic N) is 1. The molecule has 158 valence electrons. The number of nitrogens with one attached hydrogen (secondary N) is 2. The van der Waals surface area contributed by atoms with Crippen molar-refractivity contribution in [2.45, 2.75) is 49.2 Å². The Balaban J connectivity index is 2.06. The van der Waals surface area contributed by atoms with Crippen molar-refractivity contribution in [1.29, 1.82) is 0 Å². The highest BCUT2D eigenvalue weighted by molar-refractivity contribution is 7.98. The van der Waals surface area contributed by atoms with Crippen molar-refractivity contribution in [3.05, 3.63) is 28.2 Å². The molecule has 1 saturated carbocycles. The number of carbonyl (C=O) groups is 1. The average Bonchev–Trinajstić information content (AvgIpc) is 3.49. The van der Waals surface area contributed by atoms with Crippen molar-refractivity contribution in [1.82, 2.24) is 14.9 Å². The summed E-state index contributed by atoms with van der Waals surface area (Å²) in [5.41, 5.74) is 0. The van der Waals surface area contributed by atoms with E-state index in [1.54, 1.807) is 11.8 Å². The second-order valence-electron chi connectivity index (χ2n) is 7.02. The van der Waals surface area contributed by atoms with E-state index in [9.17, 15) is 13.2 Å². The van der Waals surface area contributed by atoms with Crippen LogP contribution in [0.2, 0.25) is 10.0 Å². The van der Waals surface area contributed by atoms with E-state index in [1.807, 2.05) is 20.2 Å². The monoisotopic (exact) mass is 467 g/mol. The third-order valence-corrected chi connectivity index (χ3v) is 7.63. The Labute approximate surface area is 181 Å². The van der Waals surface area contributed by atoms with Crippen molar-refractivity contribution < 1.29 is 13.2 Å². The summed E-state index contributed by atoms with van der Waals surface area (Å²) in [4.78, 5) is 14.8. The second-order valence-corrected chi connectivity index (χ2v) is 10.5. The van der Waals surface area contributed by atoms with E-state index in [0.29, 0.717) is 24.8 Å². The molecule has 1 amide bonds. The van der Waals surface area contributed by atoms with Gasteiger partial charge in [0.05, 0.1) is 5.02 Å². The first-order valence-corrected chi connectivity index (χ1v) is 12.7. The minimum absolute atomic E-state index is 0.0561. The Hall–Kier alpha value is -0.510. The Bertz CT molecular complexity index is 788. The zero-order chi connectivity index (χ0) is 20.9. The minimum Gasteiger partial charge on any atom is -0.353 e. The van der Waals surface area contributed by atoms with Gasteiger partial charge >= 0.3 is 0 Å². The first kappa shape index (κ1) is 23.8. The van der Waals surface area contributed by atoms with Crippen molar-refractivity contribution >= 4 is 50.9 Å². The van der Waals surface area contributed by atoms with Gasteiger partial charge in [-0.1, -0.05) is 23.2 Å². The molecule has 1 aromatic rings. The summed E-state index contributed by atoms with van der Waals surface area (Å²) in [5.74, 6) is 0.299. The van der Waals surface area contributed by atoms with Gasteiger partial charge in [0.15, 0.2) is 0 Å². The van der Waals surface area contributed by atoms with Crippen LogP contribution >= 0.6 is 35.0 Å². The molecule has 2 N–H and O–H groups in total. The number of hydrogen-bond acceptors (Lipinski definition) is 5. The Kier molecular flexibility index (Phi) is 8.91. The van der Waals surface area contributed by atoms with E-state index in [2.05, 4.69) is 14.9 Å². The van der Waals surface area contributed by atoms with Crippen molar-refractivity contribution in [2.24, 2.45) is 0 Å². The molecular weight excluding hydrogens is 441 g/mol. The summed E-state index contributed by atoms with van der Waals surface area (Å²) >= 11 is 13.5. The predicted octanol–water partition coefficient (Wildman–Crippen LogP) is 2.99. The van der Waals surface area contributed by atoms with Crippen LogP contribution in [-0.2, 0) is 14.8 Å². The molecule has 2 unspecified atom stereocenters. The molecule has 2 atom stereocenters. The van der Waals surface area contributed by atoms with Gasteiger partial charge in [-0.2, -0.15) is 16.5 Å². The minimum atomic E-state index is -3.99. The lowest BCUT2D eigenvalue weighted by molar-refractivity contribution is -0.123. The third-order valence-electron chi connectivity index (χ3n) is 4.80. The van der Waals surface area contributed by atoms with Gasteiger partial charge in [-0.15, -0.1) is 0 Å². The molecule has 0 saturated heterocycles. The lowest BCUT2D eigenvalue weighted by Gasteiger charge is -2.26. The number of sulfonamides is 1. The number of benzene rings is 1. The summed E-state index contributed by atoms with van der Waals surface area (Å²) < 4.78 is 28.0. The molecule has 10 heteroatoms. The molecule has 0 aliphatic heterocycles.